The number of nitrogens with one attached hydrogen (secondary N) is 1. The molecule has 1 N–H and O–H groups in total. The van der Waals surface area contributed by atoms with Gasteiger partial charge in [0.15, 0.2) is 0 Å². The predicted molar refractivity (Wildman–Crippen MR) is 66.5 cm³/mol. The van der Waals surface area contributed by atoms with Gasteiger partial charge >= 0.3 is 0 Å². The van der Waals surface area contributed by atoms with Gasteiger partial charge in [0, 0.05) is 13.5 Å². The molecule has 6 heteroatoms. The van der Waals surface area contributed by atoms with E-state index in [0.29, 0.717) is 12.8 Å². The Balaban J connectivity index is 2.61. The Morgan fingerprint density at radius 1 is 1.47 bits per heavy atom. The van der Waals surface area contributed by atoms with E-state index in [2.05, 4.69) is 21.2 Å². The Kier molecular flexibility index (Phi) is 4.68. The number of hydrogen-bond acceptors (Lipinski definition) is 3. The van der Waals surface area contributed by atoms with E-state index in [1.165, 1.54) is 7.05 Å². The predicted octanol–water partition coefficient (Wildman–Crippen LogP) is 0.669. The number of amides is 3. The molecule has 0 aromatic rings. The first-order valence-corrected chi connectivity index (χ1v) is 6.51. The number of imide groups is 1. The van der Waals surface area contributed by atoms with E-state index in [-0.39, 0.29) is 28.5 Å². The lowest BCUT2D eigenvalue weighted by atomic mass is 10.0. The molecule has 2 atom stereocenters. The highest BCUT2D eigenvalue weighted by atomic mass is 79.9. The molecule has 17 heavy (non-hydrogen) atoms. The van der Waals surface area contributed by atoms with E-state index >= 15 is 0 Å². The van der Waals surface area contributed by atoms with Crippen LogP contribution in [0, 0.1) is 5.92 Å². The van der Waals surface area contributed by atoms with Crippen LogP contribution >= 0.6 is 15.9 Å². The maximum atomic E-state index is 11.8. The van der Waals surface area contributed by atoms with Crippen LogP contribution in [0.3, 0.4) is 0 Å². The Morgan fingerprint density at radius 2 is 2.06 bits per heavy atom. The van der Waals surface area contributed by atoms with E-state index in [1.54, 1.807) is 0 Å². The SMILES string of the molecule is CC(C)C(Br)C(=O)NC1CCC(=O)N(C)C1=O. The minimum atomic E-state index is -0.580. The molecule has 1 aliphatic heterocycles. The number of hydrogen-bond donors (Lipinski definition) is 1. The van der Waals surface area contributed by atoms with Crippen LogP contribution in [0.1, 0.15) is 26.7 Å². The average molecular weight is 305 g/mol. The molecule has 0 aliphatic carbocycles. The van der Waals surface area contributed by atoms with Gasteiger partial charge in [-0.2, -0.15) is 0 Å². The second-order valence-corrected chi connectivity index (χ2v) is 5.52. The van der Waals surface area contributed by atoms with Crippen LogP contribution in [-0.4, -0.2) is 40.5 Å². The molecule has 5 nitrogen and oxygen atoms in total. The third-order valence-electron chi connectivity index (χ3n) is 2.80. The van der Waals surface area contributed by atoms with Gasteiger partial charge in [0.05, 0.1) is 4.83 Å². The second-order valence-electron chi connectivity index (χ2n) is 4.54. The van der Waals surface area contributed by atoms with E-state index in [9.17, 15) is 14.4 Å². The molecule has 1 fully saturated rings. The quantitative estimate of drug-likeness (QED) is 0.615. The molecule has 0 aromatic heterocycles. The Morgan fingerprint density at radius 3 is 2.59 bits per heavy atom. The number of likely N-dealkylation sites (tertiary alicyclic amines) is 1. The first-order valence-electron chi connectivity index (χ1n) is 5.59. The Hall–Kier alpha value is -0.910. The molecule has 1 rings (SSSR count). The number of carbonyl (C=O) groups is 3. The molecule has 3 amide bonds. The van der Waals surface area contributed by atoms with Crippen LogP contribution in [0.2, 0.25) is 0 Å². The number of likely N-dealkylation sites (N-methyl/N-ethyl adjacent to an activating group) is 1. The van der Waals surface area contributed by atoms with E-state index < -0.39 is 6.04 Å². The minimum Gasteiger partial charge on any atom is -0.343 e. The van der Waals surface area contributed by atoms with Crippen LogP contribution in [-0.2, 0) is 14.4 Å². The number of rotatable bonds is 3. The van der Waals surface area contributed by atoms with E-state index in [4.69, 9.17) is 0 Å². The van der Waals surface area contributed by atoms with Gasteiger partial charge in [-0.3, -0.25) is 19.3 Å². The number of carbonyl (C=O) groups excluding carboxylic acids is 3. The van der Waals surface area contributed by atoms with Gasteiger partial charge in [-0.05, 0) is 12.3 Å². The highest BCUT2D eigenvalue weighted by Crippen LogP contribution is 2.15. The van der Waals surface area contributed by atoms with Crippen LogP contribution in [0.25, 0.3) is 0 Å². The molecule has 1 saturated heterocycles. The third-order valence-corrected chi connectivity index (χ3v) is 4.28. The monoisotopic (exact) mass is 304 g/mol. The summed E-state index contributed by atoms with van der Waals surface area (Å²) in [6, 6.07) is -0.580. The zero-order valence-corrected chi connectivity index (χ0v) is 11.8. The van der Waals surface area contributed by atoms with Gasteiger partial charge in [0.1, 0.15) is 6.04 Å². The summed E-state index contributed by atoms with van der Waals surface area (Å²) in [4.78, 5) is 35.5. The molecule has 0 radical (unpaired) electrons. The van der Waals surface area contributed by atoms with Crippen LogP contribution in [0.15, 0.2) is 0 Å². The Labute approximate surface area is 109 Å². The fourth-order valence-electron chi connectivity index (χ4n) is 1.60. The fourth-order valence-corrected chi connectivity index (χ4v) is 1.74. The van der Waals surface area contributed by atoms with E-state index in [0.717, 1.165) is 4.90 Å². The van der Waals surface area contributed by atoms with Gasteiger partial charge in [-0.15, -0.1) is 0 Å². The summed E-state index contributed by atoms with van der Waals surface area (Å²) in [5.41, 5.74) is 0. The van der Waals surface area contributed by atoms with Crippen molar-refractivity contribution < 1.29 is 14.4 Å². The second kappa shape index (κ2) is 5.62. The lowest BCUT2D eigenvalue weighted by molar-refractivity contribution is -0.149. The number of halogens is 1. The summed E-state index contributed by atoms with van der Waals surface area (Å²) in [5.74, 6) is -0.591. The molecule has 0 spiro atoms. The van der Waals surface area contributed by atoms with Gasteiger partial charge in [0.25, 0.3) is 5.91 Å². The molecular weight excluding hydrogens is 288 g/mol. The first-order chi connectivity index (χ1) is 7.84. The standard InChI is InChI=1S/C11H17BrN2O3/c1-6(2)9(12)10(16)13-7-4-5-8(15)14(3)11(7)17/h6-7,9H,4-5H2,1-3H3,(H,13,16). The molecule has 0 aromatic carbocycles. The molecule has 2 unspecified atom stereocenters. The summed E-state index contributed by atoms with van der Waals surface area (Å²) in [5, 5.41) is 2.67. The van der Waals surface area contributed by atoms with Crippen molar-refractivity contribution in [1.29, 1.82) is 0 Å². The number of nitrogens with zero attached hydrogens (tertiary/aromatic N) is 1. The summed E-state index contributed by atoms with van der Waals surface area (Å²) >= 11 is 3.28. The van der Waals surface area contributed by atoms with Crippen molar-refractivity contribution in [1.82, 2.24) is 10.2 Å². The maximum Gasteiger partial charge on any atom is 0.251 e. The smallest absolute Gasteiger partial charge is 0.251 e. The van der Waals surface area contributed by atoms with Crippen molar-refractivity contribution in [3.63, 3.8) is 0 Å². The lowest BCUT2D eigenvalue weighted by Gasteiger charge is -2.29. The Bertz CT molecular complexity index is 344. The fraction of sp³-hybridized carbons (Fsp3) is 0.727. The van der Waals surface area contributed by atoms with Gasteiger partial charge < -0.3 is 5.32 Å². The lowest BCUT2D eigenvalue weighted by Crippen LogP contribution is -2.54. The summed E-state index contributed by atoms with van der Waals surface area (Å²) in [6.45, 7) is 3.83. The van der Waals surface area contributed by atoms with E-state index in [1.807, 2.05) is 13.8 Å². The van der Waals surface area contributed by atoms with Gasteiger partial charge in [-0.1, -0.05) is 29.8 Å². The maximum absolute atomic E-state index is 11.8. The number of alkyl halides is 1. The van der Waals surface area contributed by atoms with Crippen LogP contribution in [0.4, 0.5) is 0 Å². The minimum absolute atomic E-state index is 0.146. The molecule has 96 valence electrons. The average Bonchev–Trinajstić information content (AvgIpc) is 2.28. The van der Waals surface area contributed by atoms with Gasteiger partial charge in [-0.25, -0.2) is 0 Å². The zero-order chi connectivity index (χ0) is 13.2. The van der Waals surface area contributed by atoms with Crippen molar-refractivity contribution in [2.45, 2.75) is 37.6 Å². The topological polar surface area (TPSA) is 66.5 Å². The van der Waals surface area contributed by atoms with Gasteiger partial charge in [0.2, 0.25) is 11.8 Å². The van der Waals surface area contributed by atoms with Crippen molar-refractivity contribution in [3.8, 4) is 0 Å². The highest BCUT2D eigenvalue weighted by molar-refractivity contribution is 9.10. The van der Waals surface area contributed by atoms with Crippen LogP contribution < -0.4 is 5.32 Å². The molecule has 0 saturated carbocycles. The van der Waals surface area contributed by atoms with Crippen molar-refractivity contribution >= 4 is 33.7 Å². The number of piperidine rings is 1. The van der Waals surface area contributed by atoms with Crippen molar-refractivity contribution in [2.75, 3.05) is 7.05 Å². The summed E-state index contributed by atoms with van der Waals surface area (Å²) < 4.78 is 0. The highest BCUT2D eigenvalue weighted by Gasteiger charge is 2.33. The zero-order valence-electron chi connectivity index (χ0n) is 10.2. The summed E-state index contributed by atoms with van der Waals surface area (Å²) in [7, 11) is 1.44. The van der Waals surface area contributed by atoms with Crippen LogP contribution in [0.5, 0.6) is 0 Å². The molecule has 1 aliphatic rings. The largest absolute Gasteiger partial charge is 0.343 e. The molecule has 1 heterocycles. The third kappa shape index (κ3) is 3.28. The molecular formula is C11H17BrN2O3. The van der Waals surface area contributed by atoms with Crippen molar-refractivity contribution in [3.05, 3.63) is 0 Å². The van der Waals surface area contributed by atoms with Crippen molar-refractivity contribution in [2.24, 2.45) is 5.92 Å². The normalized spacial score (nSPS) is 22.9. The summed E-state index contributed by atoms with van der Waals surface area (Å²) in [6.07, 6.45) is 0.674. The molecule has 0 bridgehead atoms. The first kappa shape index (κ1) is 14.2.